The Hall–Kier alpha value is -0.760. The standard InChI is InChI=1S/C10H11ClN2OS/c1-6(14)7(2)15-10-9(11)8(5-12)3-4-13-10/h3-4,6-7,14H,1-2H3. The number of hydrogen-bond donors (Lipinski definition) is 1. The average molecular weight is 243 g/mol. The maximum atomic E-state index is 9.34. The monoisotopic (exact) mass is 242 g/mol. The van der Waals surface area contributed by atoms with Gasteiger partial charge in [-0.05, 0) is 13.0 Å². The van der Waals surface area contributed by atoms with E-state index in [0.29, 0.717) is 15.6 Å². The van der Waals surface area contributed by atoms with E-state index in [2.05, 4.69) is 4.98 Å². The Balaban J connectivity index is 2.92. The normalized spacial score (nSPS) is 14.3. The molecule has 80 valence electrons. The Kier molecular flexibility index (Phi) is 4.40. The highest BCUT2D eigenvalue weighted by Gasteiger charge is 2.15. The summed E-state index contributed by atoms with van der Waals surface area (Å²) in [6.45, 7) is 3.59. The van der Waals surface area contributed by atoms with Gasteiger partial charge in [0.25, 0.3) is 0 Å². The molecule has 1 N–H and O–H groups in total. The molecule has 0 fully saturated rings. The third-order valence-electron chi connectivity index (χ3n) is 1.95. The highest BCUT2D eigenvalue weighted by atomic mass is 35.5. The van der Waals surface area contributed by atoms with Gasteiger partial charge in [0.15, 0.2) is 0 Å². The molecule has 1 heterocycles. The minimum Gasteiger partial charge on any atom is -0.392 e. The van der Waals surface area contributed by atoms with Gasteiger partial charge in [-0.15, -0.1) is 0 Å². The number of nitrogens with zero attached hydrogens (tertiary/aromatic N) is 2. The second-order valence-corrected chi connectivity index (χ2v) is 4.90. The number of aliphatic hydroxyl groups is 1. The lowest BCUT2D eigenvalue weighted by Crippen LogP contribution is -2.15. The molecule has 0 aromatic carbocycles. The Morgan fingerprint density at radius 3 is 2.80 bits per heavy atom. The van der Waals surface area contributed by atoms with Crippen LogP contribution in [0.25, 0.3) is 0 Å². The van der Waals surface area contributed by atoms with Crippen molar-refractivity contribution in [1.82, 2.24) is 4.98 Å². The van der Waals surface area contributed by atoms with Gasteiger partial charge in [0, 0.05) is 11.4 Å². The molecule has 1 aromatic heterocycles. The first-order valence-electron chi connectivity index (χ1n) is 4.45. The van der Waals surface area contributed by atoms with Crippen LogP contribution in [0.1, 0.15) is 19.4 Å². The van der Waals surface area contributed by atoms with E-state index in [1.807, 2.05) is 13.0 Å². The molecule has 0 bridgehead atoms. The quantitative estimate of drug-likeness (QED) is 0.828. The van der Waals surface area contributed by atoms with Crippen LogP contribution in [0.5, 0.6) is 0 Å². The van der Waals surface area contributed by atoms with Crippen molar-refractivity contribution in [2.45, 2.75) is 30.2 Å². The Morgan fingerprint density at radius 2 is 2.27 bits per heavy atom. The van der Waals surface area contributed by atoms with Gasteiger partial charge < -0.3 is 5.11 Å². The number of aromatic nitrogens is 1. The summed E-state index contributed by atoms with van der Waals surface area (Å²) in [5.41, 5.74) is 0.409. The molecule has 0 saturated carbocycles. The zero-order valence-corrected chi connectivity index (χ0v) is 10.0. The first-order chi connectivity index (χ1) is 7.06. The van der Waals surface area contributed by atoms with Crippen LogP contribution in [0.3, 0.4) is 0 Å². The summed E-state index contributed by atoms with van der Waals surface area (Å²) in [7, 11) is 0. The van der Waals surface area contributed by atoms with Gasteiger partial charge in [-0.25, -0.2) is 4.98 Å². The molecule has 2 atom stereocenters. The molecular weight excluding hydrogens is 232 g/mol. The van der Waals surface area contributed by atoms with Gasteiger partial charge in [-0.1, -0.05) is 30.3 Å². The Labute approximate surface area is 98.1 Å². The third kappa shape index (κ3) is 3.10. The van der Waals surface area contributed by atoms with Crippen molar-refractivity contribution >= 4 is 23.4 Å². The number of nitriles is 1. The molecular formula is C10H11ClN2OS. The summed E-state index contributed by atoms with van der Waals surface area (Å²) in [4.78, 5) is 4.08. The molecule has 15 heavy (non-hydrogen) atoms. The smallest absolute Gasteiger partial charge is 0.116 e. The molecule has 0 spiro atoms. The second kappa shape index (κ2) is 5.36. The fourth-order valence-corrected chi connectivity index (χ4v) is 2.04. The van der Waals surface area contributed by atoms with Crippen molar-refractivity contribution < 1.29 is 5.11 Å². The summed E-state index contributed by atoms with van der Waals surface area (Å²) in [6, 6.07) is 3.56. The first-order valence-corrected chi connectivity index (χ1v) is 5.71. The molecule has 0 radical (unpaired) electrons. The highest BCUT2D eigenvalue weighted by Crippen LogP contribution is 2.31. The Bertz CT molecular complexity index is 389. The van der Waals surface area contributed by atoms with Crippen molar-refractivity contribution in [3.8, 4) is 6.07 Å². The van der Waals surface area contributed by atoms with E-state index in [0.717, 1.165) is 0 Å². The SMILES string of the molecule is CC(O)C(C)Sc1nccc(C#N)c1Cl. The fourth-order valence-electron chi connectivity index (χ4n) is 0.868. The predicted octanol–water partition coefficient (Wildman–Crippen LogP) is 2.47. The summed E-state index contributed by atoms with van der Waals surface area (Å²) < 4.78 is 0. The van der Waals surface area contributed by atoms with Gasteiger partial charge in [0.05, 0.1) is 16.7 Å². The van der Waals surface area contributed by atoms with Gasteiger partial charge in [0.1, 0.15) is 11.1 Å². The molecule has 3 nitrogen and oxygen atoms in total. The van der Waals surface area contributed by atoms with Crippen molar-refractivity contribution in [1.29, 1.82) is 5.26 Å². The van der Waals surface area contributed by atoms with Crippen molar-refractivity contribution in [2.24, 2.45) is 0 Å². The van der Waals surface area contributed by atoms with E-state index in [9.17, 15) is 5.11 Å². The molecule has 2 unspecified atom stereocenters. The maximum Gasteiger partial charge on any atom is 0.116 e. The van der Waals surface area contributed by atoms with Crippen LogP contribution in [0.15, 0.2) is 17.3 Å². The number of hydrogen-bond acceptors (Lipinski definition) is 4. The van der Waals surface area contributed by atoms with E-state index in [-0.39, 0.29) is 5.25 Å². The van der Waals surface area contributed by atoms with Gasteiger partial charge in [0.2, 0.25) is 0 Å². The lowest BCUT2D eigenvalue weighted by atomic mass is 10.3. The third-order valence-corrected chi connectivity index (χ3v) is 3.75. The number of halogens is 1. The topological polar surface area (TPSA) is 56.9 Å². The summed E-state index contributed by atoms with van der Waals surface area (Å²) in [6.07, 6.45) is 1.10. The molecule has 0 saturated heterocycles. The minimum absolute atomic E-state index is 0.0102. The Morgan fingerprint density at radius 1 is 1.60 bits per heavy atom. The van der Waals surface area contributed by atoms with Crippen molar-refractivity contribution in [2.75, 3.05) is 0 Å². The minimum atomic E-state index is -0.446. The number of thioether (sulfide) groups is 1. The molecule has 1 aromatic rings. The van der Waals surface area contributed by atoms with Crippen molar-refractivity contribution in [3.63, 3.8) is 0 Å². The zero-order chi connectivity index (χ0) is 11.4. The zero-order valence-electron chi connectivity index (χ0n) is 8.44. The first kappa shape index (κ1) is 12.3. The summed E-state index contributed by atoms with van der Waals surface area (Å²) in [5, 5.41) is 19.0. The lowest BCUT2D eigenvalue weighted by molar-refractivity contribution is 0.196. The lowest BCUT2D eigenvalue weighted by Gasteiger charge is -2.14. The summed E-state index contributed by atoms with van der Waals surface area (Å²) in [5.74, 6) is 0. The molecule has 0 amide bonds. The van der Waals surface area contributed by atoms with Crippen LogP contribution < -0.4 is 0 Å². The molecule has 5 heteroatoms. The average Bonchev–Trinajstić information content (AvgIpc) is 2.21. The van der Waals surface area contributed by atoms with Crippen LogP contribution in [0.4, 0.5) is 0 Å². The van der Waals surface area contributed by atoms with Gasteiger partial charge in [-0.2, -0.15) is 5.26 Å². The number of aliphatic hydroxyl groups excluding tert-OH is 1. The predicted molar refractivity (Wildman–Crippen MR) is 61.0 cm³/mol. The second-order valence-electron chi connectivity index (χ2n) is 3.15. The number of pyridine rings is 1. The fraction of sp³-hybridized carbons (Fsp3) is 0.400. The van der Waals surface area contributed by atoms with E-state index < -0.39 is 6.10 Å². The molecule has 1 rings (SSSR count). The number of rotatable bonds is 3. The van der Waals surface area contributed by atoms with E-state index >= 15 is 0 Å². The van der Waals surface area contributed by atoms with Crippen LogP contribution >= 0.6 is 23.4 Å². The maximum absolute atomic E-state index is 9.34. The van der Waals surface area contributed by atoms with E-state index in [1.54, 1.807) is 19.2 Å². The van der Waals surface area contributed by atoms with Crippen LogP contribution in [0, 0.1) is 11.3 Å². The van der Waals surface area contributed by atoms with E-state index in [4.69, 9.17) is 16.9 Å². The highest BCUT2D eigenvalue weighted by molar-refractivity contribution is 8.00. The molecule has 0 aliphatic rings. The van der Waals surface area contributed by atoms with Gasteiger partial charge in [-0.3, -0.25) is 0 Å². The van der Waals surface area contributed by atoms with Gasteiger partial charge >= 0.3 is 0 Å². The molecule has 0 aliphatic heterocycles. The van der Waals surface area contributed by atoms with Crippen LogP contribution in [-0.4, -0.2) is 21.4 Å². The van der Waals surface area contributed by atoms with Crippen molar-refractivity contribution in [3.05, 3.63) is 22.8 Å². The van der Waals surface area contributed by atoms with Crippen LogP contribution in [0.2, 0.25) is 5.02 Å². The molecule has 0 aliphatic carbocycles. The van der Waals surface area contributed by atoms with E-state index in [1.165, 1.54) is 11.8 Å². The van der Waals surface area contributed by atoms with Crippen LogP contribution in [-0.2, 0) is 0 Å². The largest absolute Gasteiger partial charge is 0.392 e. The summed E-state index contributed by atoms with van der Waals surface area (Å²) >= 11 is 7.33.